The molecule has 2 rings (SSSR count). The van der Waals surface area contributed by atoms with Crippen LogP contribution < -0.4 is 0 Å². The van der Waals surface area contributed by atoms with Gasteiger partial charge in [0.1, 0.15) is 0 Å². The van der Waals surface area contributed by atoms with E-state index in [1.54, 1.807) is 5.57 Å². The second-order valence-electron chi connectivity index (χ2n) is 4.55. The molecule has 1 fully saturated rings. The van der Waals surface area contributed by atoms with Crippen LogP contribution in [-0.2, 0) is 0 Å². The van der Waals surface area contributed by atoms with E-state index in [4.69, 9.17) is 0 Å². The summed E-state index contributed by atoms with van der Waals surface area (Å²) >= 11 is 0. The average Bonchev–Trinajstić information content (AvgIpc) is 2.95. The summed E-state index contributed by atoms with van der Waals surface area (Å²) in [7, 11) is 0. The van der Waals surface area contributed by atoms with E-state index >= 15 is 0 Å². The van der Waals surface area contributed by atoms with Gasteiger partial charge in [0.2, 0.25) is 0 Å². The summed E-state index contributed by atoms with van der Waals surface area (Å²) < 4.78 is 0. The molecular formula is C16H20. The maximum absolute atomic E-state index is 2.32. The van der Waals surface area contributed by atoms with Crippen LogP contribution in [-0.4, -0.2) is 0 Å². The second-order valence-corrected chi connectivity index (χ2v) is 4.55. The fourth-order valence-electron chi connectivity index (χ4n) is 2.38. The Morgan fingerprint density at radius 1 is 1.25 bits per heavy atom. The minimum absolute atomic E-state index is 0.681. The van der Waals surface area contributed by atoms with E-state index in [0.29, 0.717) is 5.92 Å². The molecule has 0 aromatic rings. The molecular weight excluding hydrogens is 192 g/mol. The van der Waals surface area contributed by atoms with Crippen molar-refractivity contribution in [1.82, 2.24) is 0 Å². The quantitative estimate of drug-likeness (QED) is 0.642. The Labute approximate surface area is 98.8 Å². The molecule has 0 nitrogen and oxygen atoms in total. The molecule has 0 spiro atoms. The minimum Gasteiger partial charge on any atom is -0.0874 e. The summed E-state index contributed by atoms with van der Waals surface area (Å²) in [5, 5.41) is 0. The summed E-state index contributed by atoms with van der Waals surface area (Å²) in [6.07, 6.45) is 16.8. The van der Waals surface area contributed by atoms with Gasteiger partial charge in [-0.15, -0.1) is 0 Å². The molecule has 2 aliphatic carbocycles. The van der Waals surface area contributed by atoms with Crippen molar-refractivity contribution in [3.05, 3.63) is 59.3 Å². The molecule has 0 heteroatoms. The molecule has 0 bridgehead atoms. The van der Waals surface area contributed by atoms with Gasteiger partial charge in [0.05, 0.1) is 0 Å². The van der Waals surface area contributed by atoms with Crippen molar-refractivity contribution in [2.75, 3.05) is 0 Å². The predicted molar refractivity (Wildman–Crippen MR) is 71.1 cm³/mol. The normalized spacial score (nSPS) is 28.6. The van der Waals surface area contributed by atoms with Gasteiger partial charge >= 0.3 is 0 Å². The third-order valence-electron chi connectivity index (χ3n) is 3.34. The maximum Gasteiger partial charge on any atom is 0.0118 e. The fraction of sp³-hybridized carbons (Fsp3) is 0.375. The smallest absolute Gasteiger partial charge is 0.0118 e. The highest BCUT2D eigenvalue weighted by atomic mass is 14.4. The van der Waals surface area contributed by atoms with E-state index in [0.717, 1.165) is 12.3 Å². The molecule has 0 aliphatic heterocycles. The number of hydrogen-bond donors (Lipinski definition) is 0. The summed E-state index contributed by atoms with van der Waals surface area (Å²) in [5.41, 5.74) is 4.37. The van der Waals surface area contributed by atoms with Gasteiger partial charge in [-0.25, -0.2) is 0 Å². The standard InChI is InChI=1S/C16H20/c1-4-6-8-13-9-10-15-12(3)16(15)14(11-13)7-5-2/h5-12,16H,4H2,1-3H3. The highest BCUT2D eigenvalue weighted by molar-refractivity contribution is 5.53. The van der Waals surface area contributed by atoms with Crippen LogP contribution in [0.25, 0.3) is 0 Å². The number of rotatable bonds is 3. The lowest BCUT2D eigenvalue weighted by molar-refractivity contribution is 0.873. The zero-order valence-electron chi connectivity index (χ0n) is 10.4. The molecule has 16 heavy (non-hydrogen) atoms. The minimum atomic E-state index is 0.681. The van der Waals surface area contributed by atoms with Gasteiger partial charge in [0.15, 0.2) is 0 Å². The Balaban J connectivity index is 2.29. The first-order valence-corrected chi connectivity index (χ1v) is 6.20. The van der Waals surface area contributed by atoms with E-state index in [1.165, 1.54) is 11.1 Å². The summed E-state index contributed by atoms with van der Waals surface area (Å²) in [6.45, 7) is 6.57. The Morgan fingerprint density at radius 2 is 2.06 bits per heavy atom. The van der Waals surface area contributed by atoms with Gasteiger partial charge in [-0.05, 0) is 30.4 Å². The first kappa shape index (κ1) is 11.2. The van der Waals surface area contributed by atoms with Crippen LogP contribution in [0.5, 0.6) is 0 Å². The van der Waals surface area contributed by atoms with Crippen molar-refractivity contribution in [2.24, 2.45) is 11.8 Å². The van der Waals surface area contributed by atoms with Crippen molar-refractivity contribution < 1.29 is 0 Å². The van der Waals surface area contributed by atoms with E-state index in [2.05, 4.69) is 63.3 Å². The molecule has 2 unspecified atom stereocenters. The van der Waals surface area contributed by atoms with Crippen LogP contribution in [0.4, 0.5) is 0 Å². The number of fused-ring (bicyclic) bond motifs is 1. The zero-order valence-corrected chi connectivity index (χ0v) is 10.4. The van der Waals surface area contributed by atoms with E-state index in [9.17, 15) is 0 Å². The SMILES string of the molecule is CC=CC1=CC(C=CCC)=CC=C2C(C)C12. The topological polar surface area (TPSA) is 0 Å². The van der Waals surface area contributed by atoms with Crippen molar-refractivity contribution in [3.63, 3.8) is 0 Å². The van der Waals surface area contributed by atoms with E-state index in [1.807, 2.05) is 0 Å². The molecule has 0 aromatic carbocycles. The molecule has 2 atom stereocenters. The third-order valence-corrected chi connectivity index (χ3v) is 3.34. The molecule has 0 aromatic heterocycles. The van der Waals surface area contributed by atoms with Crippen LogP contribution in [0, 0.1) is 11.8 Å². The Kier molecular flexibility index (Phi) is 3.28. The zero-order chi connectivity index (χ0) is 11.5. The highest BCUT2D eigenvalue weighted by Gasteiger charge is 2.41. The van der Waals surface area contributed by atoms with Crippen molar-refractivity contribution in [2.45, 2.75) is 27.2 Å². The van der Waals surface area contributed by atoms with E-state index in [-0.39, 0.29) is 0 Å². The van der Waals surface area contributed by atoms with Crippen LogP contribution in [0.2, 0.25) is 0 Å². The van der Waals surface area contributed by atoms with Crippen molar-refractivity contribution >= 4 is 0 Å². The lowest BCUT2D eigenvalue weighted by Crippen LogP contribution is -1.85. The molecule has 2 aliphatic rings. The van der Waals surface area contributed by atoms with Crippen LogP contribution in [0.15, 0.2) is 59.3 Å². The number of hydrogen-bond acceptors (Lipinski definition) is 0. The van der Waals surface area contributed by atoms with Gasteiger partial charge in [-0.3, -0.25) is 0 Å². The third kappa shape index (κ3) is 2.11. The molecule has 1 saturated carbocycles. The molecule has 0 saturated heterocycles. The Bertz CT molecular complexity index is 413. The first-order chi connectivity index (χ1) is 7.77. The molecule has 0 radical (unpaired) electrons. The largest absolute Gasteiger partial charge is 0.0874 e. The van der Waals surface area contributed by atoms with Gasteiger partial charge in [0.25, 0.3) is 0 Å². The summed E-state index contributed by atoms with van der Waals surface area (Å²) in [4.78, 5) is 0. The highest BCUT2D eigenvalue weighted by Crippen LogP contribution is 2.51. The van der Waals surface area contributed by atoms with E-state index < -0.39 is 0 Å². The molecule has 0 heterocycles. The summed E-state index contributed by atoms with van der Waals surface area (Å²) in [6, 6.07) is 0. The molecule has 0 amide bonds. The average molecular weight is 212 g/mol. The van der Waals surface area contributed by atoms with Gasteiger partial charge in [0, 0.05) is 5.92 Å². The lowest BCUT2D eigenvalue weighted by atomic mass is 10.1. The van der Waals surface area contributed by atoms with Crippen LogP contribution in [0.1, 0.15) is 27.2 Å². The van der Waals surface area contributed by atoms with Gasteiger partial charge < -0.3 is 0 Å². The number of allylic oxidation sites excluding steroid dienone is 10. The van der Waals surface area contributed by atoms with Crippen LogP contribution in [0.3, 0.4) is 0 Å². The monoisotopic (exact) mass is 212 g/mol. The Morgan fingerprint density at radius 3 is 2.75 bits per heavy atom. The van der Waals surface area contributed by atoms with Crippen molar-refractivity contribution in [3.8, 4) is 0 Å². The Hall–Kier alpha value is -1.30. The second kappa shape index (κ2) is 4.69. The van der Waals surface area contributed by atoms with Gasteiger partial charge in [-0.1, -0.05) is 62.0 Å². The van der Waals surface area contributed by atoms with Crippen LogP contribution >= 0.6 is 0 Å². The summed E-state index contributed by atoms with van der Waals surface area (Å²) in [5.74, 6) is 1.43. The first-order valence-electron chi connectivity index (χ1n) is 6.20. The predicted octanol–water partition coefficient (Wildman–Crippen LogP) is 4.59. The maximum atomic E-state index is 2.32. The lowest BCUT2D eigenvalue weighted by Gasteiger charge is -1.99. The molecule has 0 N–H and O–H groups in total. The molecule has 84 valence electrons. The van der Waals surface area contributed by atoms with Crippen molar-refractivity contribution in [1.29, 1.82) is 0 Å². The van der Waals surface area contributed by atoms with Gasteiger partial charge in [-0.2, -0.15) is 0 Å². The fourth-order valence-corrected chi connectivity index (χ4v) is 2.38.